The number of nitrogens with zero attached hydrogens (tertiary/aromatic N) is 3. The number of esters is 1. The molecule has 0 bridgehead atoms. The van der Waals surface area contributed by atoms with E-state index in [2.05, 4.69) is 23.2 Å². The fourth-order valence-corrected chi connectivity index (χ4v) is 5.90. The molecule has 1 aliphatic carbocycles. The number of likely N-dealkylation sites (N-methyl/N-ethyl adjacent to an activating group) is 1. The second-order valence-corrected chi connectivity index (χ2v) is 10.5. The zero-order chi connectivity index (χ0) is 26.0. The number of benzene rings is 1. The van der Waals surface area contributed by atoms with Crippen molar-refractivity contribution in [3.8, 4) is 0 Å². The van der Waals surface area contributed by atoms with E-state index in [0.717, 1.165) is 42.4 Å². The molecule has 1 aromatic rings. The summed E-state index contributed by atoms with van der Waals surface area (Å²) in [5, 5.41) is 3.02. The molecule has 2 atom stereocenters. The Morgan fingerprint density at radius 3 is 2.50 bits per heavy atom. The Labute approximate surface area is 214 Å². The average Bonchev–Trinajstić information content (AvgIpc) is 3.37. The van der Waals surface area contributed by atoms with Crippen LogP contribution in [0.3, 0.4) is 0 Å². The number of carbonyl (C=O) groups is 3. The Hall–Kier alpha value is -2.87. The number of hydrogen-bond acceptors (Lipinski definition) is 5. The number of amides is 3. The maximum Gasteiger partial charge on any atom is 0.338 e. The summed E-state index contributed by atoms with van der Waals surface area (Å²) in [4.78, 5) is 45.2. The SMILES string of the molecule is CCOC(=O)C1=C(CN2CCN(C(=O)C3CCCC3)C(C)C2)N(C)C(=O)NC1c1ccc(C)cc1C. The van der Waals surface area contributed by atoms with Gasteiger partial charge in [0, 0.05) is 50.9 Å². The first kappa shape index (κ1) is 26.2. The van der Waals surface area contributed by atoms with Gasteiger partial charge >= 0.3 is 12.0 Å². The zero-order valence-electron chi connectivity index (χ0n) is 22.3. The van der Waals surface area contributed by atoms with Crippen molar-refractivity contribution < 1.29 is 19.1 Å². The topological polar surface area (TPSA) is 82.2 Å². The summed E-state index contributed by atoms with van der Waals surface area (Å²) >= 11 is 0. The monoisotopic (exact) mass is 496 g/mol. The van der Waals surface area contributed by atoms with E-state index < -0.39 is 12.0 Å². The van der Waals surface area contributed by atoms with Gasteiger partial charge in [0.1, 0.15) is 0 Å². The largest absolute Gasteiger partial charge is 0.463 e. The van der Waals surface area contributed by atoms with Crippen LogP contribution in [0.1, 0.15) is 62.3 Å². The Bertz CT molecular complexity index is 1050. The van der Waals surface area contributed by atoms with Crippen LogP contribution >= 0.6 is 0 Å². The molecule has 8 heteroatoms. The van der Waals surface area contributed by atoms with Crippen LogP contribution in [-0.2, 0) is 14.3 Å². The van der Waals surface area contributed by atoms with Crippen molar-refractivity contribution in [2.45, 2.75) is 65.5 Å². The number of aryl methyl sites for hydroxylation is 2. The molecule has 1 saturated carbocycles. The van der Waals surface area contributed by atoms with Gasteiger partial charge in [-0.15, -0.1) is 0 Å². The van der Waals surface area contributed by atoms with Gasteiger partial charge < -0.3 is 15.0 Å². The fraction of sp³-hybridized carbons (Fsp3) is 0.607. The molecule has 0 radical (unpaired) electrons. The smallest absolute Gasteiger partial charge is 0.338 e. The molecule has 0 spiro atoms. The predicted molar refractivity (Wildman–Crippen MR) is 138 cm³/mol. The fourth-order valence-electron chi connectivity index (χ4n) is 5.90. The molecule has 2 unspecified atom stereocenters. The third kappa shape index (κ3) is 5.28. The van der Waals surface area contributed by atoms with Gasteiger partial charge in [-0.25, -0.2) is 9.59 Å². The van der Waals surface area contributed by atoms with E-state index in [-0.39, 0.29) is 30.5 Å². The highest BCUT2D eigenvalue weighted by atomic mass is 16.5. The lowest BCUT2D eigenvalue weighted by Gasteiger charge is -2.43. The van der Waals surface area contributed by atoms with Gasteiger partial charge in [-0.2, -0.15) is 0 Å². The first-order valence-corrected chi connectivity index (χ1v) is 13.3. The van der Waals surface area contributed by atoms with E-state index in [1.807, 2.05) is 30.9 Å². The highest BCUT2D eigenvalue weighted by Gasteiger charge is 2.39. The molecule has 2 heterocycles. The lowest BCUT2D eigenvalue weighted by Crippen LogP contribution is -2.57. The molecule has 8 nitrogen and oxygen atoms in total. The average molecular weight is 497 g/mol. The molecule has 36 heavy (non-hydrogen) atoms. The van der Waals surface area contributed by atoms with E-state index >= 15 is 0 Å². The summed E-state index contributed by atoms with van der Waals surface area (Å²) in [5.74, 6) is 0.0476. The summed E-state index contributed by atoms with van der Waals surface area (Å²) < 4.78 is 5.48. The molecule has 196 valence electrons. The Kier molecular flexibility index (Phi) is 8.03. The van der Waals surface area contributed by atoms with E-state index in [4.69, 9.17) is 4.74 Å². The molecule has 3 aliphatic rings. The third-order valence-corrected chi connectivity index (χ3v) is 7.88. The minimum Gasteiger partial charge on any atom is -0.463 e. The van der Waals surface area contributed by atoms with Gasteiger partial charge in [0.05, 0.1) is 18.2 Å². The van der Waals surface area contributed by atoms with Gasteiger partial charge in [0.2, 0.25) is 5.91 Å². The Balaban J connectivity index is 1.61. The molecule has 1 saturated heterocycles. The molecule has 1 aromatic carbocycles. The summed E-state index contributed by atoms with van der Waals surface area (Å²) in [6, 6.07) is 5.29. The number of carbonyl (C=O) groups excluding carboxylic acids is 3. The van der Waals surface area contributed by atoms with Crippen molar-refractivity contribution >= 4 is 17.9 Å². The highest BCUT2D eigenvalue weighted by molar-refractivity contribution is 5.95. The maximum absolute atomic E-state index is 13.3. The molecule has 0 aromatic heterocycles. The summed E-state index contributed by atoms with van der Waals surface area (Å²) in [6.07, 6.45) is 4.29. The number of nitrogens with one attached hydrogen (secondary N) is 1. The van der Waals surface area contributed by atoms with Gasteiger partial charge in [0.15, 0.2) is 0 Å². The zero-order valence-corrected chi connectivity index (χ0v) is 22.3. The minimum atomic E-state index is -0.578. The van der Waals surface area contributed by atoms with Gasteiger partial charge in [-0.05, 0) is 51.7 Å². The van der Waals surface area contributed by atoms with Crippen LogP contribution in [0.15, 0.2) is 29.5 Å². The standard InChI is InChI=1S/C28H40N4O4/c1-6-36-27(34)24-23(30(5)28(35)29-25(24)22-12-11-18(2)15-19(22)3)17-31-13-14-32(20(4)16-31)26(33)21-9-7-8-10-21/h11-12,15,20-21,25H,6-10,13-14,16-17H2,1-5H3,(H,29,35). The van der Waals surface area contributed by atoms with Gasteiger partial charge in [-0.3, -0.25) is 14.6 Å². The van der Waals surface area contributed by atoms with Crippen LogP contribution in [0.2, 0.25) is 0 Å². The minimum absolute atomic E-state index is 0.0800. The van der Waals surface area contributed by atoms with Crippen molar-refractivity contribution in [2.75, 3.05) is 39.8 Å². The lowest BCUT2D eigenvalue weighted by molar-refractivity contribution is -0.140. The molecule has 2 aliphatic heterocycles. The van der Waals surface area contributed by atoms with E-state index in [0.29, 0.717) is 37.4 Å². The Morgan fingerprint density at radius 2 is 1.86 bits per heavy atom. The summed E-state index contributed by atoms with van der Waals surface area (Å²) in [7, 11) is 1.70. The molecule has 2 fully saturated rings. The first-order valence-electron chi connectivity index (χ1n) is 13.3. The van der Waals surface area contributed by atoms with Crippen LogP contribution in [0, 0.1) is 19.8 Å². The number of ether oxygens (including phenoxy) is 1. The predicted octanol–water partition coefficient (Wildman–Crippen LogP) is 3.54. The number of urea groups is 1. The van der Waals surface area contributed by atoms with E-state index in [1.165, 1.54) is 4.90 Å². The van der Waals surface area contributed by atoms with Crippen molar-refractivity contribution in [3.05, 3.63) is 46.2 Å². The van der Waals surface area contributed by atoms with E-state index in [9.17, 15) is 14.4 Å². The number of rotatable bonds is 6. The molecular weight excluding hydrogens is 456 g/mol. The first-order chi connectivity index (χ1) is 17.2. The van der Waals surface area contributed by atoms with Crippen LogP contribution < -0.4 is 5.32 Å². The quantitative estimate of drug-likeness (QED) is 0.610. The maximum atomic E-state index is 13.3. The third-order valence-electron chi connectivity index (χ3n) is 7.88. The van der Waals surface area contributed by atoms with Gasteiger partial charge in [0.25, 0.3) is 0 Å². The second-order valence-electron chi connectivity index (χ2n) is 10.5. The highest BCUT2D eigenvalue weighted by Crippen LogP contribution is 2.34. The van der Waals surface area contributed by atoms with Gasteiger partial charge in [-0.1, -0.05) is 36.6 Å². The van der Waals surface area contributed by atoms with E-state index in [1.54, 1.807) is 14.0 Å². The molecular formula is C28H40N4O4. The second kappa shape index (κ2) is 11.0. The summed E-state index contributed by atoms with van der Waals surface area (Å²) in [6.45, 7) is 10.7. The lowest BCUT2D eigenvalue weighted by atomic mass is 9.90. The summed E-state index contributed by atoms with van der Waals surface area (Å²) in [5.41, 5.74) is 4.16. The molecule has 1 N–H and O–H groups in total. The Morgan fingerprint density at radius 1 is 1.14 bits per heavy atom. The van der Waals surface area contributed by atoms with Crippen LogP contribution in [0.25, 0.3) is 0 Å². The van der Waals surface area contributed by atoms with Crippen molar-refractivity contribution in [3.63, 3.8) is 0 Å². The number of piperazine rings is 1. The van der Waals surface area contributed by atoms with Crippen molar-refractivity contribution in [2.24, 2.45) is 5.92 Å². The van der Waals surface area contributed by atoms with Crippen molar-refractivity contribution in [1.82, 2.24) is 20.0 Å². The van der Waals surface area contributed by atoms with Crippen LogP contribution in [-0.4, -0.2) is 78.5 Å². The molecule has 4 rings (SSSR count). The normalized spacial score (nSPS) is 23.8. The van der Waals surface area contributed by atoms with Crippen LogP contribution in [0.5, 0.6) is 0 Å². The van der Waals surface area contributed by atoms with Crippen molar-refractivity contribution in [1.29, 1.82) is 0 Å². The molecule has 3 amide bonds. The van der Waals surface area contributed by atoms with Crippen LogP contribution in [0.4, 0.5) is 4.79 Å². The number of hydrogen-bond donors (Lipinski definition) is 1.